The normalized spacial score (nSPS) is 11.4. The summed E-state index contributed by atoms with van der Waals surface area (Å²) >= 11 is 0. The molecule has 3 heterocycles. The van der Waals surface area contributed by atoms with Gasteiger partial charge in [0.2, 0.25) is 0 Å². The van der Waals surface area contributed by atoms with Gasteiger partial charge in [0.05, 0.1) is 78.9 Å². The van der Waals surface area contributed by atoms with E-state index in [-0.39, 0.29) is 0 Å². The summed E-state index contributed by atoms with van der Waals surface area (Å²) in [6.07, 6.45) is 0. The van der Waals surface area contributed by atoms with E-state index in [1.807, 2.05) is 97.1 Å². The summed E-state index contributed by atoms with van der Waals surface area (Å²) in [5.74, 6) is 6.12. The molecule has 0 radical (unpaired) electrons. The van der Waals surface area contributed by atoms with Crippen LogP contribution < -0.4 is 57.5 Å². The molecule has 0 aliphatic heterocycles. The third-order valence-corrected chi connectivity index (χ3v) is 20.1. The zero-order chi connectivity index (χ0) is 72.8. The van der Waals surface area contributed by atoms with Gasteiger partial charge in [-0.1, -0.05) is 0 Å². The Kier molecular flexibility index (Phi) is 17.4. The predicted molar refractivity (Wildman–Crippen MR) is 434 cm³/mol. The van der Waals surface area contributed by atoms with Crippen LogP contribution in [0.15, 0.2) is 308 Å². The van der Waals surface area contributed by atoms with Crippen LogP contribution in [0.3, 0.4) is 0 Å². The first kappa shape index (κ1) is 66.3. The second-order valence-electron chi connectivity index (χ2n) is 25.9. The van der Waals surface area contributed by atoms with Crippen molar-refractivity contribution in [3.05, 3.63) is 303 Å². The average Bonchev–Trinajstić information content (AvgIpc) is 1.58. The fourth-order valence-electron chi connectivity index (χ4n) is 14.8. The van der Waals surface area contributed by atoms with E-state index in [0.29, 0.717) is 0 Å². The summed E-state index contributed by atoms with van der Waals surface area (Å²) in [5, 5.41) is 6.10. The highest BCUT2D eigenvalue weighted by Crippen LogP contribution is 2.48. The van der Waals surface area contributed by atoms with Crippen molar-refractivity contribution in [1.82, 2.24) is 9.13 Å². The highest BCUT2D eigenvalue weighted by molar-refractivity contribution is 6.15. The average molecular weight is 1410 g/mol. The molecule has 107 heavy (non-hydrogen) atoms. The van der Waals surface area contributed by atoms with Crippen molar-refractivity contribution >= 4 is 134 Å². The molecule has 0 amide bonds. The van der Waals surface area contributed by atoms with Crippen LogP contribution in [0.5, 0.6) is 46.0 Å². The van der Waals surface area contributed by atoms with Gasteiger partial charge in [-0.15, -0.1) is 0 Å². The Bertz CT molecular complexity index is 5220. The molecule has 0 spiro atoms. The van der Waals surface area contributed by atoms with E-state index in [9.17, 15) is 0 Å². The topological polar surface area (TPSA) is 110 Å². The Morgan fingerprint density at radius 3 is 0.542 bits per heavy atom. The minimum absolute atomic E-state index is 0.765. The van der Waals surface area contributed by atoms with Crippen molar-refractivity contribution in [3.63, 3.8) is 0 Å². The van der Waals surface area contributed by atoms with Crippen molar-refractivity contribution in [1.29, 1.82) is 0 Å². The van der Waals surface area contributed by atoms with Crippen molar-refractivity contribution in [2.24, 2.45) is 0 Å². The molecule has 0 saturated carbocycles. The lowest BCUT2D eigenvalue weighted by Crippen LogP contribution is -2.10. The van der Waals surface area contributed by atoms with Crippen LogP contribution in [0.4, 0.5) is 68.2 Å². The molecule has 17 aromatic rings. The number of anilines is 12. The van der Waals surface area contributed by atoms with E-state index < -0.39 is 0 Å². The van der Waals surface area contributed by atoms with Gasteiger partial charge in [0, 0.05) is 112 Å². The van der Waals surface area contributed by atoms with E-state index in [0.717, 1.165) is 191 Å². The molecule has 15 nitrogen and oxygen atoms in total. The SMILES string of the molecule is COc1ccc(N(c2ccc(OC)cc2)c2ccc3c(c2)c2cc(N(c4ccc(OC)cc4)c4ccc(OC)cc4)ccc2n3-c2ccc3oc4ccc(-n5c6ccc(N(c7ccc(OC)cc7)c7ccc(OC)cc7)cc6c6cc(N(c7ccc(OC)cc7)c7ccc(OC)cc7)ccc65)cc4c3c2)cc1. The van der Waals surface area contributed by atoms with Gasteiger partial charge in [0.1, 0.15) is 57.2 Å². The molecule has 14 aromatic carbocycles. The van der Waals surface area contributed by atoms with Gasteiger partial charge < -0.3 is 71.0 Å². The van der Waals surface area contributed by atoms with Crippen molar-refractivity contribution < 1.29 is 42.3 Å². The molecule has 0 saturated heterocycles. The van der Waals surface area contributed by atoms with E-state index >= 15 is 0 Å². The van der Waals surface area contributed by atoms with Crippen molar-refractivity contribution in [3.8, 4) is 57.4 Å². The molecule has 0 aliphatic carbocycles. The van der Waals surface area contributed by atoms with Gasteiger partial charge in [0.25, 0.3) is 0 Å². The van der Waals surface area contributed by atoms with Crippen molar-refractivity contribution in [2.45, 2.75) is 0 Å². The lowest BCUT2D eigenvalue weighted by molar-refractivity contribution is 0.414. The molecule has 0 N–H and O–H groups in total. The van der Waals surface area contributed by atoms with Crippen LogP contribution in [-0.2, 0) is 0 Å². The van der Waals surface area contributed by atoms with Gasteiger partial charge in [-0.2, -0.15) is 0 Å². The van der Waals surface area contributed by atoms with E-state index in [2.05, 4.69) is 235 Å². The summed E-state index contributed by atoms with van der Waals surface area (Å²) in [5.41, 5.74) is 19.0. The van der Waals surface area contributed by atoms with Crippen LogP contribution in [-0.4, -0.2) is 66.0 Å². The van der Waals surface area contributed by atoms with Gasteiger partial charge in [-0.25, -0.2) is 0 Å². The molecule has 17 rings (SSSR count). The third kappa shape index (κ3) is 12.1. The highest BCUT2D eigenvalue weighted by atomic mass is 16.5. The fraction of sp³-hybridized carbons (Fsp3) is 0.0870. The number of nitrogens with zero attached hydrogens (tertiary/aromatic N) is 6. The smallest absolute Gasteiger partial charge is 0.135 e. The fourth-order valence-corrected chi connectivity index (χ4v) is 14.8. The molecular weight excluding hydrogens is 1330 g/mol. The molecule has 3 aromatic heterocycles. The standard InChI is InChI=1S/C92H74N6O9/c1-99-73-31-9-59(10-32-73)93(60-11-33-74(100-2)34-12-60)67-25-47-87-81(53-67)82-54-68(94(61-13-35-75(101-3)36-14-61)62-15-37-76(102-4)38-16-62)26-48-88(82)97(87)71-29-51-91-85(57-71)86-58-72(30-52-92(86)107-91)98-89-49-27-69(95(63-17-39-77(103-5)40-18-63)64-19-41-78(104-6)42-20-64)55-83(89)84-56-70(28-50-90(84)98)96(65-21-43-79(105-7)44-22-65)66-23-45-80(106-8)46-24-66/h9-58H,1-8H3. The Morgan fingerprint density at radius 1 is 0.187 bits per heavy atom. The molecule has 15 heteroatoms. The summed E-state index contributed by atoms with van der Waals surface area (Å²) in [7, 11) is 13.5. The first-order chi connectivity index (χ1) is 52.6. The van der Waals surface area contributed by atoms with Crippen molar-refractivity contribution in [2.75, 3.05) is 76.5 Å². The lowest BCUT2D eigenvalue weighted by atomic mass is 10.1. The van der Waals surface area contributed by atoms with E-state index in [1.165, 1.54) is 0 Å². The molecule has 0 atom stereocenters. The number of benzene rings is 14. The van der Waals surface area contributed by atoms with Gasteiger partial charge in [-0.3, -0.25) is 0 Å². The second-order valence-corrected chi connectivity index (χ2v) is 25.9. The quantitative estimate of drug-likeness (QED) is 0.0643. The minimum Gasteiger partial charge on any atom is -0.497 e. The second kappa shape index (κ2) is 28.0. The Morgan fingerprint density at radius 2 is 0.364 bits per heavy atom. The molecule has 0 unspecified atom stereocenters. The number of aromatic nitrogens is 2. The molecule has 0 bridgehead atoms. The largest absolute Gasteiger partial charge is 0.497 e. The Balaban J connectivity index is 0.859. The zero-order valence-corrected chi connectivity index (χ0v) is 60.2. The summed E-state index contributed by atoms with van der Waals surface area (Å²) in [6.45, 7) is 0. The van der Waals surface area contributed by atoms with E-state index in [4.69, 9.17) is 42.3 Å². The number of furan rings is 1. The van der Waals surface area contributed by atoms with Crippen LogP contribution >= 0.6 is 0 Å². The Hall–Kier alpha value is -13.9. The maximum atomic E-state index is 6.86. The van der Waals surface area contributed by atoms with E-state index in [1.54, 1.807) is 56.9 Å². The number of hydrogen-bond donors (Lipinski definition) is 0. The van der Waals surface area contributed by atoms with Gasteiger partial charge in [0.15, 0.2) is 0 Å². The summed E-state index contributed by atoms with van der Waals surface area (Å²) in [4.78, 5) is 9.06. The van der Waals surface area contributed by atoms with Crippen LogP contribution in [0.2, 0.25) is 0 Å². The first-order valence-electron chi connectivity index (χ1n) is 35.1. The number of rotatable bonds is 22. The van der Waals surface area contributed by atoms with Crippen LogP contribution in [0.25, 0.3) is 76.9 Å². The molecule has 526 valence electrons. The minimum atomic E-state index is 0.765. The predicted octanol–water partition coefficient (Wildman–Crippen LogP) is 23.7. The zero-order valence-electron chi connectivity index (χ0n) is 60.2. The highest BCUT2D eigenvalue weighted by Gasteiger charge is 2.25. The Labute approximate surface area is 619 Å². The third-order valence-electron chi connectivity index (χ3n) is 20.1. The maximum absolute atomic E-state index is 6.86. The number of methoxy groups -OCH3 is 8. The summed E-state index contributed by atoms with van der Waals surface area (Å²) in [6, 6.07) is 105. The number of fused-ring (bicyclic) bond motifs is 9. The molecule has 0 aliphatic rings. The lowest BCUT2D eigenvalue weighted by Gasteiger charge is -2.26. The molecular formula is C92H74N6O9. The van der Waals surface area contributed by atoms with Gasteiger partial charge >= 0.3 is 0 Å². The van der Waals surface area contributed by atoms with Crippen LogP contribution in [0, 0.1) is 0 Å². The summed E-state index contributed by atoms with van der Waals surface area (Å²) < 4.78 is 57.0. The maximum Gasteiger partial charge on any atom is 0.135 e. The number of ether oxygens (including phenoxy) is 8. The molecule has 0 fully saturated rings. The van der Waals surface area contributed by atoms with Crippen LogP contribution in [0.1, 0.15) is 0 Å². The first-order valence-corrected chi connectivity index (χ1v) is 35.1. The number of hydrogen-bond acceptors (Lipinski definition) is 13. The monoisotopic (exact) mass is 1410 g/mol. The van der Waals surface area contributed by atoms with Gasteiger partial charge in [-0.05, 0) is 303 Å².